The molecule has 1 amide bonds. The number of carboxylic acids is 1. The van der Waals surface area contributed by atoms with E-state index in [-0.39, 0.29) is 25.5 Å². The smallest absolute Gasteiger partial charge is 0.328 e. The minimum atomic E-state index is -1.03. The van der Waals surface area contributed by atoms with Crippen molar-refractivity contribution in [1.82, 2.24) is 19.7 Å². The molecule has 1 atom stereocenters. The molecule has 25 heavy (non-hydrogen) atoms. The fraction of sp³-hybridized carbons (Fsp3) is 0.412. The van der Waals surface area contributed by atoms with E-state index in [0.717, 1.165) is 16.8 Å². The van der Waals surface area contributed by atoms with Crippen LogP contribution in [-0.4, -0.2) is 49.2 Å². The van der Waals surface area contributed by atoms with Crippen LogP contribution in [0.2, 0.25) is 0 Å². The van der Waals surface area contributed by atoms with E-state index in [4.69, 9.17) is 0 Å². The number of anilines is 1. The molecular formula is C17H21N5O3. The highest BCUT2D eigenvalue weighted by Crippen LogP contribution is 2.21. The molecule has 1 aromatic heterocycles. The fourth-order valence-electron chi connectivity index (χ4n) is 3.15. The Labute approximate surface area is 145 Å². The molecule has 1 aliphatic heterocycles. The molecule has 132 valence electrons. The molecule has 1 aliphatic rings. The number of fused-ring (bicyclic) bond motifs is 1. The van der Waals surface area contributed by atoms with Crippen molar-refractivity contribution < 1.29 is 14.7 Å². The van der Waals surface area contributed by atoms with Crippen LogP contribution in [0.3, 0.4) is 0 Å². The van der Waals surface area contributed by atoms with Crippen molar-refractivity contribution in [3.63, 3.8) is 0 Å². The Morgan fingerprint density at radius 2 is 1.92 bits per heavy atom. The van der Waals surface area contributed by atoms with E-state index in [2.05, 4.69) is 15.5 Å². The summed E-state index contributed by atoms with van der Waals surface area (Å²) in [7, 11) is 0. The maximum absolute atomic E-state index is 12.7. The summed E-state index contributed by atoms with van der Waals surface area (Å²) >= 11 is 0. The normalized spacial score (nSPS) is 16.4. The molecule has 8 heteroatoms. The number of benzene rings is 1. The first-order valence-corrected chi connectivity index (χ1v) is 8.09. The highest BCUT2D eigenvalue weighted by atomic mass is 16.4. The van der Waals surface area contributed by atoms with Gasteiger partial charge in [-0.25, -0.2) is 4.79 Å². The Balaban J connectivity index is 1.77. The molecule has 0 saturated heterocycles. The summed E-state index contributed by atoms with van der Waals surface area (Å²) in [4.78, 5) is 25.6. The van der Waals surface area contributed by atoms with Crippen molar-refractivity contribution in [3.8, 4) is 0 Å². The zero-order valence-corrected chi connectivity index (χ0v) is 14.5. The van der Waals surface area contributed by atoms with Crippen LogP contribution < -0.4 is 5.32 Å². The number of amides is 1. The van der Waals surface area contributed by atoms with Crippen LogP contribution >= 0.6 is 0 Å². The Morgan fingerprint density at radius 1 is 1.24 bits per heavy atom. The average Bonchev–Trinajstić information content (AvgIpc) is 2.93. The number of nitrogens with one attached hydrogen (secondary N) is 1. The van der Waals surface area contributed by atoms with Gasteiger partial charge < -0.3 is 19.9 Å². The Hall–Kier alpha value is -2.90. The number of carbonyl (C=O) groups is 2. The topological polar surface area (TPSA) is 100 Å². The van der Waals surface area contributed by atoms with E-state index in [1.807, 2.05) is 32.0 Å². The molecule has 0 fully saturated rings. The van der Waals surface area contributed by atoms with Crippen molar-refractivity contribution >= 4 is 17.6 Å². The molecule has 2 aromatic rings. The van der Waals surface area contributed by atoms with E-state index >= 15 is 0 Å². The molecule has 1 unspecified atom stereocenters. The quantitative estimate of drug-likeness (QED) is 0.862. The number of hydrogen-bond donors (Lipinski definition) is 2. The minimum Gasteiger partial charge on any atom is -0.480 e. The van der Waals surface area contributed by atoms with Gasteiger partial charge in [-0.15, -0.1) is 10.2 Å². The third-order valence-electron chi connectivity index (χ3n) is 4.56. The third-order valence-corrected chi connectivity index (χ3v) is 4.56. The van der Waals surface area contributed by atoms with E-state index in [9.17, 15) is 14.7 Å². The number of carbonyl (C=O) groups excluding carboxylic acids is 1. The number of carboxylic acid groups (broad SMARTS) is 1. The lowest BCUT2D eigenvalue weighted by atomic mass is 10.1. The summed E-state index contributed by atoms with van der Waals surface area (Å²) in [6.07, 6.45) is 0. The standard InChI is InChI=1S/C17H21N5O3/c1-10-5-4-6-11(2)16(10)18-7-15(23)22-9-14-20-19-12(3)21(14)8-13(22)17(24)25/h4-6,13,18H,7-9H2,1-3H3,(H,24,25). The first-order valence-electron chi connectivity index (χ1n) is 8.09. The average molecular weight is 343 g/mol. The molecule has 0 saturated carbocycles. The second-order valence-corrected chi connectivity index (χ2v) is 6.27. The van der Waals surface area contributed by atoms with Gasteiger partial charge in [-0.05, 0) is 31.9 Å². The van der Waals surface area contributed by atoms with Crippen LogP contribution in [-0.2, 0) is 22.7 Å². The van der Waals surface area contributed by atoms with Gasteiger partial charge in [0, 0.05) is 5.69 Å². The van der Waals surface area contributed by atoms with Crippen LogP contribution in [0, 0.1) is 20.8 Å². The molecule has 0 spiro atoms. The van der Waals surface area contributed by atoms with Gasteiger partial charge in [0.05, 0.1) is 19.6 Å². The Bertz CT molecular complexity index is 809. The van der Waals surface area contributed by atoms with E-state index in [1.165, 1.54) is 4.90 Å². The number of hydrogen-bond acceptors (Lipinski definition) is 5. The van der Waals surface area contributed by atoms with Crippen molar-refractivity contribution in [2.24, 2.45) is 0 Å². The van der Waals surface area contributed by atoms with Crippen molar-refractivity contribution in [1.29, 1.82) is 0 Å². The van der Waals surface area contributed by atoms with E-state index < -0.39 is 12.0 Å². The lowest BCUT2D eigenvalue weighted by molar-refractivity contribution is -0.152. The van der Waals surface area contributed by atoms with Gasteiger partial charge in [-0.2, -0.15) is 0 Å². The zero-order chi connectivity index (χ0) is 18.1. The van der Waals surface area contributed by atoms with Gasteiger partial charge in [0.15, 0.2) is 5.82 Å². The molecule has 1 aromatic carbocycles. The van der Waals surface area contributed by atoms with Gasteiger partial charge in [-0.1, -0.05) is 18.2 Å². The van der Waals surface area contributed by atoms with E-state index in [0.29, 0.717) is 11.6 Å². The summed E-state index contributed by atoms with van der Waals surface area (Å²) in [5.41, 5.74) is 2.98. The lowest BCUT2D eigenvalue weighted by Gasteiger charge is -2.33. The monoisotopic (exact) mass is 343 g/mol. The largest absolute Gasteiger partial charge is 0.480 e. The fourth-order valence-corrected chi connectivity index (χ4v) is 3.15. The number of aryl methyl sites for hydroxylation is 3. The second-order valence-electron chi connectivity index (χ2n) is 6.27. The summed E-state index contributed by atoms with van der Waals surface area (Å²) in [5.74, 6) is -0.0430. The van der Waals surface area contributed by atoms with Crippen molar-refractivity contribution in [2.45, 2.75) is 39.9 Å². The number of rotatable bonds is 4. The predicted molar refractivity (Wildman–Crippen MR) is 91.1 cm³/mol. The van der Waals surface area contributed by atoms with Crippen molar-refractivity contribution in [3.05, 3.63) is 41.0 Å². The van der Waals surface area contributed by atoms with Gasteiger partial charge >= 0.3 is 5.97 Å². The summed E-state index contributed by atoms with van der Waals surface area (Å²) in [6.45, 7) is 6.04. The summed E-state index contributed by atoms with van der Waals surface area (Å²) < 4.78 is 1.75. The number of aromatic nitrogens is 3. The molecule has 2 N–H and O–H groups in total. The molecular weight excluding hydrogens is 322 g/mol. The molecule has 8 nitrogen and oxygen atoms in total. The van der Waals surface area contributed by atoms with Crippen molar-refractivity contribution in [2.75, 3.05) is 11.9 Å². The predicted octanol–water partition coefficient (Wildman–Crippen LogP) is 1.11. The van der Waals surface area contributed by atoms with Gasteiger partial charge in [0.1, 0.15) is 11.9 Å². The van der Waals surface area contributed by atoms with Crippen LogP contribution in [0.5, 0.6) is 0 Å². The number of para-hydroxylation sites is 1. The SMILES string of the molecule is Cc1cccc(C)c1NCC(=O)N1Cc2nnc(C)n2CC1C(=O)O. The van der Waals surface area contributed by atoms with Crippen LogP contribution in [0.1, 0.15) is 22.8 Å². The first kappa shape index (κ1) is 16.9. The highest BCUT2D eigenvalue weighted by molar-refractivity contribution is 5.86. The Morgan fingerprint density at radius 3 is 2.56 bits per heavy atom. The van der Waals surface area contributed by atoms with Crippen LogP contribution in [0.15, 0.2) is 18.2 Å². The number of aliphatic carboxylic acids is 1. The molecule has 3 rings (SSSR count). The first-order chi connectivity index (χ1) is 11.9. The van der Waals surface area contributed by atoms with E-state index in [1.54, 1.807) is 11.5 Å². The van der Waals surface area contributed by atoms with Gasteiger partial charge in [0.25, 0.3) is 0 Å². The zero-order valence-electron chi connectivity index (χ0n) is 14.5. The summed E-state index contributed by atoms with van der Waals surface area (Å²) in [5, 5.41) is 20.7. The molecule has 2 heterocycles. The lowest BCUT2D eigenvalue weighted by Crippen LogP contribution is -2.52. The second kappa shape index (κ2) is 6.54. The van der Waals surface area contributed by atoms with Gasteiger partial charge in [-0.3, -0.25) is 4.79 Å². The summed E-state index contributed by atoms with van der Waals surface area (Å²) in [6, 6.07) is 4.96. The number of nitrogens with zero attached hydrogens (tertiary/aromatic N) is 4. The third kappa shape index (κ3) is 3.19. The molecule has 0 bridgehead atoms. The maximum Gasteiger partial charge on any atom is 0.328 e. The maximum atomic E-state index is 12.7. The minimum absolute atomic E-state index is 0.0303. The highest BCUT2D eigenvalue weighted by Gasteiger charge is 2.36. The van der Waals surface area contributed by atoms with Crippen LogP contribution in [0.4, 0.5) is 5.69 Å². The van der Waals surface area contributed by atoms with Crippen LogP contribution in [0.25, 0.3) is 0 Å². The molecule has 0 radical (unpaired) electrons. The molecule has 0 aliphatic carbocycles. The Kier molecular flexibility index (Phi) is 4.43. The van der Waals surface area contributed by atoms with Gasteiger partial charge in [0.2, 0.25) is 5.91 Å².